The molecular weight excluding hydrogens is 925 g/mol. The van der Waals surface area contributed by atoms with Crippen LogP contribution >= 0.6 is 0 Å². The van der Waals surface area contributed by atoms with Gasteiger partial charge in [0.15, 0.2) is 6.10 Å². The van der Waals surface area contributed by atoms with E-state index >= 15 is 0 Å². The molecule has 0 aromatic carbocycles. The first-order valence-corrected chi connectivity index (χ1v) is 32.1. The minimum Gasteiger partial charge on any atom is -0.462 e. The van der Waals surface area contributed by atoms with Gasteiger partial charge in [0.05, 0.1) is 0 Å². The van der Waals surface area contributed by atoms with E-state index in [1.165, 1.54) is 180 Å². The third kappa shape index (κ3) is 61.3. The Balaban J connectivity index is 4.42. The van der Waals surface area contributed by atoms with E-state index in [1.807, 2.05) is 0 Å². The topological polar surface area (TPSA) is 78.9 Å². The third-order valence-electron chi connectivity index (χ3n) is 13.8. The molecule has 0 aliphatic carbocycles. The van der Waals surface area contributed by atoms with E-state index in [0.717, 1.165) is 96.3 Å². The lowest BCUT2D eigenvalue weighted by atomic mass is 10.1. The van der Waals surface area contributed by atoms with Gasteiger partial charge in [0.2, 0.25) is 0 Å². The van der Waals surface area contributed by atoms with Crippen molar-refractivity contribution in [1.29, 1.82) is 0 Å². The second-order valence-corrected chi connectivity index (χ2v) is 21.3. The molecule has 0 saturated heterocycles. The summed E-state index contributed by atoms with van der Waals surface area (Å²) in [6, 6.07) is 0. The first-order valence-electron chi connectivity index (χ1n) is 32.1. The van der Waals surface area contributed by atoms with E-state index in [1.54, 1.807) is 0 Å². The molecule has 0 aliphatic heterocycles. The Labute approximate surface area is 465 Å². The number of allylic oxidation sites excluding steroid dienone is 14. The van der Waals surface area contributed by atoms with Crippen LogP contribution in [0.15, 0.2) is 85.1 Å². The summed E-state index contributed by atoms with van der Waals surface area (Å²) in [6.07, 6.45) is 82.9. The summed E-state index contributed by atoms with van der Waals surface area (Å²) >= 11 is 0. The molecule has 0 rings (SSSR count). The van der Waals surface area contributed by atoms with Crippen molar-refractivity contribution in [3.05, 3.63) is 85.1 Å². The zero-order valence-electron chi connectivity index (χ0n) is 49.6. The van der Waals surface area contributed by atoms with Crippen molar-refractivity contribution in [3.63, 3.8) is 0 Å². The number of carbonyl (C=O) groups is 3. The van der Waals surface area contributed by atoms with Gasteiger partial charge in [-0.25, -0.2) is 0 Å². The van der Waals surface area contributed by atoms with E-state index < -0.39 is 6.10 Å². The summed E-state index contributed by atoms with van der Waals surface area (Å²) in [5.41, 5.74) is 0. The predicted octanol–water partition coefficient (Wildman–Crippen LogP) is 21.9. The molecule has 0 amide bonds. The summed E-state index contributed by atoms with van der Waals surface area (Å²) in [7, 11) is 0. The van der Waals surface area contributed by atoms with Gasteiger partial charge in [-0.3, -0.25) is 14.4 Å². The highest BCUT2D eigenvalue weighted by Crippen LogP contribution is 2.16. The van der Waals surface area contributed by atoms with Crippen LogP contribution in [0.2, 0.25) is 0 Å². The molecule has 432 valence electrons. The minimum atomic E-state index is -0.790. The van der Waals surface area contributed by atoms with Gasteiger partial charge in [-0.05, 0) is 122 Å². The van der Waals surface area contributed by atoms with E-state index in [-0.39, 0.29) is 31.1 Å². The van der Waals surface area contributed by atoms with E-state index in [2.05, 4.69) is 106 Å². The highest BCUT2D eigenvalue weighted by atomic mass is 16.6. The largest absolute Gasteiger partial charge is 0.462 e. The fraction of sp³-hybridized carbons (Fsp3) is 0.754. The van der Waals surface area contributed by atoms with Crippen LogP contribution in [0.4, 0.5) is 0 Å². The maximum Gasteiger partial charge on any atom is 0.306 e. The zero-order chi connectivity index (χ0) is 54.3. The Morgan fingerprint density at radius 1 is 0.267 bits per heavy atom. The highest BCUT2D eigenvalue weighted by Gasteiger charge is 2.19. The maximum absolute atomic E-state index is 12.9. The molecule has 0 aliphatic rings. The molecule has 0 radical (unpaired) electrons. The monoisotopic (exact) mass is 1040 g/mol. The van der Waals surface area contributed by atoms with Crippen molar-refractivity contribution in [3.8, 4) is 0 Å². The first-order chi connectivity index (χ1) is 37.0. The van der Waals surface area contributed by atoms with Crippen LogP contribution in [0.5, 0.6) is 0 Å². The lowest BCUT2D eigenvalue weighted by Crippen LogP contribution is -2.30. The summed E-state index contributed by atoms with van der Waals surface area (Å²) in [5.74, 6) is -0.898. The number of hydrogen-bond donors (Lipinski definition) is 0. The van der Waals surface area contributed by atoms with Gasteiger partial charge in [-0.1, -0.05) is 260 Å². The van der Waals surface area contributed by atoms with Crippen molar-refractivity contribution in [2.24, 2.45) is 0 Å². The normalized spacial score (nSPS) is 12.6. The van der Waals surface area contributed by atoms with Crippen LogP contribution in [0.25, 0.3) is 0 Å². The zero-order valence-corrected chi connectivity index (χ0v) is 49.6. The molecule has 0 aromatic heterocycles. The smallest absolute Gasteiger partial charge is 0.306 e. The summed E-state index contributed by atoms with van der Waals surface area (Å²) in [5, 5.41) is 0. The summed E-state index contributed by atoms with van der Waals surface area (Å²) in [6.45, 7) is 6.59. The number of ether oxygens (including phenoxy) is 3. The Hall–Kier alpha value is -3.41. The molecule has 1 unspecified atom stereocenters. The van der Waals surface area contributed by atoms with Crippen LogP contribution in [0.1, 0.15) is 316 Å². The van der Waals surface area contributed by atoms with E-state index in [0.29, 0.717) is 19.3 Å². The second kappa shape index (κ2) is 63.1. The predicted molar refractivity (Wildman–Crippen MR) is 325 cm³/mol. The molecule has 6 heteroatoms. The van der Waals surface area contributed by atoms with Gasteiger partial charge in [-0.15, -0.1) is 0 Å². The average molecular weight is 1050 g/mol. The molecule has 0 fully saturated rings. The van der Waals surface area contributed by atoms with Gasteiger partial charge in [0.1, 0.15) is 13.2 Å². The Morgan fingerprint density at radius 3 is 0.773 bits per heavy atom. The molecule has 0 bridgehead atoms. The molecule has 0 spiro atoms. The fourth-order valence-electron chi connectivity index (χ4n) is 8.98. The van der Waals surface area contributed by atoms with Crippen molar-refractivity contribution in [2.45, 2.75) is 322 Å². The molecule has 0 saturated carbocycles. The first kappa shape index (κ1) is 71.6. The molecule has 0 heterocycles. The van der Waals surface area contributed by atoms with Crippen molar-refractivity contribution in [2.75, 3.05) is 13.2 Å². The van der Waals surface area contributed by atoms with Crippen molar-refractivity contribution < 1.29 is 28.6 Å². The Kier molecular flexibility index (Phi) is 60.3. The maximum atomic E-state index is 12.9. The molecule has 0 aromatic rings. The molecule has 6 nitrogen and oxygen atoms in total. The van der Waals surface area contributed by atoms with Crippen LogP contribution < -0.4 is 0 Å². The van der Waals surface area contributed by atoms with Gasteiger partial charge in [-0.2, -0.15) is 0 Å². The molecule has 0 N–H and O–H groups in total. The summed E-state index contributed by atoms with van der Waals surface area (Å²) in [4.78, 5) is 38.3. The SMILES string of the molecule is CCCCC/C=C\C/C=C\CCCCCCCCCCCC(=O)OC(COC(=O)CCCCCCCC/C=C\C/C=C\C/C=C\CCCCCCC)COC(=O)CCCCCCCCC/C=C\C/C=C\CCCCC. The van der Waals surface area contributed by atoms with Gasteiger partial charge < -0.3 is 14.2 Å². The standard InChI is InChI=1S/C69H120O6/c1-4-7-10-13-16-19-22-25-28-31-33-34-36-38-41-44-47-50-53-56-59-62-68(71)74-65-66(64-73-67(70)61-58-55-52-49-46-43-40-37-30-27-24-21-18-15-12-9-6-3)75-69(72)63-60-57-54-51-48-45-42-39-35-32-29-26-23-20-17-14-11-8-5-2/h17-18,20-22,25-27,29-31,33,36,38,66H,4-16,19,23-24,28,32,34-35,37,39-65H2,1-3H3/b20-17-,21-18-,25-22-,29-26-,30-27-,33-31-,38-36-. The van der Waals surface area contributed by atoms with Gasteiger partial charge in [0, 0.05) is 19.3 Å². The van der Waals surface area contributed by atoms with Gasteiger partial charge in [0.25, 0.3) is 0 Å². The molecule has 75 heavy (non-hydrogen) atoms. The Bertz CT molecular complexity index is 1430. The number of hydrogen-bond acceptors (Lipinski definition) is 6. The van der Waals surface area contributed by atoms with Crippen LogP contribution in [0.3, 0.4) is 0 Å². The average Bonchev–Trinajstić information content (AvgIpc) is 3.41. The van der Waals surface area contributed by atoms with E-state index in [9.17, 15) is 14.4 Å². The van der Waals surface area contributed by atoms with Crippen LogP contribution in [-0.2, 0) is 28.6 Å². The second-order valence-electron chi connectivity index (χ2n) is 21.3. The number of carbonyl (C=O) groups excluding carboxylic acids is 3. The third-order valence-corrected chi connectivity index (χ3v) is 13.8. The fourth-order valence-corrected chi connectivity index (χ4v) is 8.98. The minimum absolute atomic E-state index is 0.0861. The lowest BCUT2D eigenvalue weighted by Gasteiger charge is -2.18. The quantitative estimate of drug-likeness (QED) is 0.0261. The van der Waals surface area contributed by atoms with Crippen LogP contribution in [-0.4, -0.2) is 37.2 Å². The van der Waals surface area contributed by atoms with Crippen LogP contribution in [0, 0.1) is 0 Å². The Morgan fingerprint density at radius 2 is 0.480 bits per heavy atom. The van der Waals surface area contributed by atoms with Crippen molar-refractivity contribution in [1.82, 2.24) is 0 Å². The highest BCUT2D eigenvalue weighted by molar-refractivity contribution is 5.71. The number of unbranched alkanes of at least 4 members (excludes halogenated alkanes) is 33. The summed E-state index contributed by atoms with van der Waals surface area (Å²) < 4.78 is 16.9. The van der Waals surface area contributed by atoms with Crippen molar-refractivity contribution >= 4 is 17.9 Å². The number of esters is 3. The van der Waals surface area contributed by atoms with E-state index in [4.69, 9.17) is 14.2 Å². The number of rotatable bonds is 58. The lowest BCUT2D eigenvalue weighted by molar-refractivity contribution is -0.167. The molecular formula is C69H120O6. The molecule has 1 atom stereocenters. The van der Waals surface area contributed by atoms with Gasteiger partial charge >= 0.3 is 17.9 Å².